The summed E-state index contributed by atoms with van der Waals surface area (Å²) in [7, 11) is 1.67. The molecule has 0 saturated carbocycles. The van der Waals surface area contributed by atoms with Crippen LogP contribution in [0.5, 0.6) is 0 Å². The third-order valence-corrected chi connectivity index (χ3v) is 5.58. The fourth-order valence-electron chi connectivity index (χ4n) is 3.55. The Hall–Kier alpha value is -1.91. The van der Waals surface area contributed by atoms with Crippen molar-refractivity contribution in [3.05, 3.63) is 45.6 Å². The van der Waals surface area contributed by atoms with Crippen molar-refractivity contribution in [1.29, 1.82) is 0 Å². The molecule has 0 spiro atoms. The van der Waals surface area contributed by atoms with E-state index in [4.69, 9.17) is 16.3 Å². The average Bonchev–Trinajstić information content (AvgIpc) is 3.01. The van der Waals surface area contributed by atoms with Crippen LogP contribution in [-0.2, 0) is 16.0 Å². The Bertz CT molecular complexity index is 950. The topological polar surface area (TPSA) is 48.3 Å². The lowest BCUT2D eigenvalue weighted by atomic mass is 9.95. The Morgan fingerprint density at radius 1 is 1.20 bits per heavy atom. The Morgan fingerprint density at radius 3 is 2.33 bits per heavy atom. The molecule has 0 aromatic carbocycles. The summed E-state index contributed by atoms with van der Waals surface area (Å²) >= 11 is 6.31. The SMILES string of the molecule is CC.CC.COC1(C)C=c2c(CC=O)c(C)n(C(=O)C3=CCC(C)(Cl)C=C3)c2=CC1. The van der Waals surface area contributed by atoms with Gasteiger partial charge in [0, 0.05) is 36.4 Å². The van der Waals surface area contributed by atoms with Crippen LogP contribution in [0.15, 0.2) is 23.8 Å². The fraction of sp³-hybridized carbons (Fsp3) is 0.520. The van der Waals surface area contributed by atoms with Gasteiger partial charge in [-0.05, 0) is 38.8 Å². The minimum Gasteiger partial charge on any atom is -0.374 e. The number of hydrogen-bond donors (Lipinski definition) is 0. The first-order valence-corrected chi connectivity index (χ1v) is 11.1. The van der Waals surface area contributed by atoms with E-state index in [9.17, 15) is 9.59 Å². The van der Waals surface area contributed by atoms with E-state index in [-0.39, 0.29) is 12.3 Å². The zero-order chi connectivity index (χ0) is 23.1. The van der Waals surface area contributed by atoms with Gasteiger partial charge in [0.15, 0.2) is 0 Å². The molecule has 2 aliphatic carbocycles. The van der Waals surface area contributed by atoms with Crippen LogP contribution in [0.3, 0.4) is 0 Å². The number of carbonyl (C=O) groups excluding carboxylic acids is 2. The van der Waals surface area contributed by atoms with Gasteiger partial charge in [-0.15, -0.1) is 11.6 Å². The molecule has 0 saturated heterocycles. The lowest BCUT2D eigenvalue weighted by Crippen LogP contribution is -2.42. The van der Waals surface area contributed by atoms with Gasteiger partial charge in [-0.3, -0.25) is 9.36 Å². The third-order valence-electron chi connectivity index (χ3n) is 5.30. The number of aldehydes is 1. The molecule has 30 heavy (non-hydrogen) atoms. The first-order chi connectivity index (χ1) is 14.2. The molecule has 166 valence electrons. The second-order valence-corrected chi connectivity index (χ2v) is 8.28. The van der Waals surface area contributed by atoms with Crippen molar-refractivity contribution in [1.82, 2.24) is 4.57 Å². The molecule has 0 bridgehead atoms. The molecule has 1 aromatic heterocycles. The number of hydrogen-bond acceptors (Lipinski definition) is 3. The van der Waals surface area contributed by atoms with Crippen LogP contribution in [0.1, 0.15) is 70.4 Å². The Balaban J connectivity index is 0.00000106. The van der Waals surface area contributed by atoms with E-state index in [0.717, 1.165) is 28.1 Å². The van der Waals surface area contributed by atoms with Crippen molar-refractivity contribution in [3.63, 3.8) is 0 Å². The number of fused-ring (bicyclic) bond motifs is 1. The number of carbonyl (C=O) groups is 2. The molecule has 0 radical (unpaired) electrons. The average molecular weight is 434 g/mol. The van der Waals surface area contributed by atoms with Gasteiger partial charge in [-0.25, -0.2) is 0 Å². The molecule has 1 aromatic rings. The van der Waals surface area contributed by atoms with Crippen molar-refractivity contribution in [2.24, 2.45) is 0 Å². The number of alkyl halides is 1. The van der Waals surface area contributed by atoms with Crippen LogP contribution in [0, 0.1) is 6.92 Å². The maximum Gasteiger partial charge on any atom is 0.262 e. The minimum absolute atomic E-state index is 0.0926. The summed E-state index contributed by atoms with van der Waals surface area (Å²) < 4.78 is 7.33. The molecule has 2 unspecified atom stereocenters. The van der Waals surface area contributed by atoms with Gasteiger partial charge in [-0.1, -0.05) is 52.0 Å². The molecule has 0 N–H and O–H groups in total. The van der Waals surface area contributed by atoms with Gasteiger partial charge >= 0.3 is 0 Å². The highest BCUT2D eigenvalue weighted by molar-refractivity contribution is 6.25. The quantitative estimate of drug-likeness (QED) is 0.519. The Kier molecular flexibility index (Phi) is 9.51. The van der Waals surface area contributed by atoms with Crippen LogP contribution in [-0.4, -0.2) is 34.3 Å². The van der Waals surface area contributed by atoms with Crippen molar-refractivity contribution >= 4 is 35.9 Å². The van der Waals surface area contributed by atoms with E-state index < -0.39 is 10.5 Å². The highest BCUT2D eigenvalue weighted by Crippen LogP contribution is 2.27. The first kappa shape index (κ1) is 26.1. The normalized spacial score (nSPS) is 24.0. The molecule has 0 amide bonds. The van der Waals surface area contributed by atoms with E-state index in [1.165, 1.54) is 0 Å². The molecule has 3 rings (SSSR count). The number of halogens is 1. The summed E-state index contributed by atoms with van der Waals surface area (Å²) in [5, 5.41) is 1.76. The second kappa shape index (κ2) is 10.9. The molecule has 0 fully saturated rings. The third kappa shape index (κ3) is 5.41. The van der Waals surface area contributed by atoms with Gasteiger partial charge in [0.25, 0.3) is 5.91 Å². The van der Waals surface area contributed by atoms with Crippen LogP contribution in [0.4, 0.5) is 0 Å². The number of aromatic nitrogens is 1. The summed E-state index contributed by atoms with van der Waals surface area (Å²) in [4.78, 5) is 24.0. The van der Waals surface area contributed by atoms with Gasteiger partial charge in [0.2, 0.25) is 0 Å². The zero-order valence-electron chi connectivity index (χ0n) is 19.6. The summed E-state index contributed by atoms with van der Waals surface area (Å²) in [6.45, 7) is 13.8. The van der Waals surface area contributed by atoms with E-state index in [0.29, 0.717) is 18.4 Å². The molecule has 2 aliphatic rings. The Morgan fingerprint density at radius 2 is 1.83 bits per heavy atom. The van der Waals surface area contributed by atoms with Crippen molar-refractivity contribution in [2.75, 3.05) is 7.11 Å². The van der Waals surface area contributed by atoms with E-state index >= 15 is 0 Å². The predicted molar refractivity (Wildman–Crippen MR) is 127 cm³/mol. The van der Waals surface area contributed by atoms with Crippen LogP contribution < -0.4 is 10.6 Å². The highest BCUT2D eigenvalue weighted by atomic mass is 35.5. The van der Waals surface area contributed by atoms with E-state index in [2.05, 4.69) is 0 Å². The molecule has 4 nitrogen and oxygen atoms in total. The number of ether oxygens (including phenoxy) is 1. The first-order valence-electron chi connectivity index (χ1n) is 10.8. The number of rotatable bonds is 4. The van der Waals surface area contributed by atoms with Crippen LogP contribution in [0.25, 0.3) is 12.2 Å². The maximum absolute atomic E-state index is 13.2. The number of allylic oxidation sites excluding steroid dienone is 4. The number of methoxy groups -OCH3 is 1. The lowest BCUT2D eigenvalue weighted by Gasteiger charge is -2.25. The van der Waals surface area contributed by atoms with Gasteiger partial charge in [0.1, 0.15) is 6.29 Å². The maximum atomic E-state index is 13.2. The van der Waals surface area contributed by atoms with Gasteiger partial charge in [-0.2, -0.15) is 0 Å². The van der Waals surface area contributed by atoms with Crippen LogP contribution in [0.2, 0.25) is 0 Å². The molecule has 2 atom stereocenters. The molecular weight excluding hydrogens is 398 g/mol. The number of nitrogens with zero attached hydrogens (tertiary/aromatic N) is 1. The van der Waals surface area contributed by atoms with Gasteiger partial charge in [0.05, 0.1) is 15.8 Å². The van der Waals surface area contributed by atoms with Gasteiger partial charge < -0.3 is 9.53 Å². The van der Waals surface area contributed by atoms with Crippen molar-refractivity contribution < 1.29 is 14.3 Å². The summed E-state index contributed by atoms with van der Waals surface area (Å²) in [5.41, 5.74) is 1.87. The Labute approximate surface area is 185 Å². The largest absolute Gasteiger partial charge is 0.374 e. The van der Waals surface area contributed by atoms with Crippen molar-refractivity contribution in [3.8, 4) is 0 Å². The lowest BCUT2D eigenvalue weighted by molar-refractivity contribution is -0.107. The molecule has 5 heteroatoms. The predicted octanol–water partition coefficient (Wildman–Crippen LogP) is 4.48. The zero-order valence-corrected chi connectivity index (χ0v) is 20.4. The summed E-state index contributed by atoms with van der Waals surface area (Å²) in [6.07, 6.45) is 12.0. The molecule has 1 heterocycles. The summed E-state index contributed by atoms with van der Waals surface area (Å²) in [5.74, 6) is -0.0926. The summed E-state index contributed by atoms with van der Waals surface area (Å²) in [6, 6.07) is 0. The van der Waals surface area contributed by atoms with Crippen molar-refractivity contribution in [2.45, 2.75) is 78.2 Å². The van der Waals surface area contributed by atoms with E-state index in [1.54, 1.807) is 17.8 Å². The second-order valence-electron chi connectivity index (χ2n) is 7.42. The minimum atomic E-state index is -0.447. The molecular formula is C25H36ClNO3. The van der Waals surface area contributed by atoms with Crippen LogP contribution >= 0.6 is 11.6 Å². The smallest absolute Gasteiger partial charge is 0.262 e. The highest BCUT2D eigenvalue weighted by Gasteiger charge is 2.28. The standard InChI is InChI=1S/C21H24ClNO3.2C2H6/c1-14-16(8-12-24)17-13-21(3,26-4)11-7-18(17)23(14)19(25)15-5-9-20(2,22)10-6-15;2*1-2/h5-7,9,12-13H,8,10-11H2,1-4H3;2*1-2H3. The monoisotopic (exact) mass is 433 g/mol. The molecule has 0 aliphatic heterocycles. The fourth-order valence-corrected chi connectivity index (χ4v) is 3.69. The van der Waals surface area contributed by atoms with E-state index in [1.807, 2.05) is 72.8 Å².